The minimum atomic E-state index is -0.180. The molecule has 6 atom stereocenters. The molecule has 174 valence electrons. The Labute approximate surface area is 185 Å². The summed E-state index contributed by atoms with van der Waals surface area (Å²) in [6.45, 7) is 6.49. The Bertz CT molecular complexity index is 507. The maximum absolute atomic E-state index is 12.3. The first-order chi connectivity index (χ1) is 14.5. The monoisotopic (exact) mass is 421 g/mol. The van der Waals surface area contributed by atoms with Gasteiger partial charge in [-0.05, 0) is 57.3 Å². The van der Waals surface area contributed by atoms with Gasteiger partial charge in [0, 0.05) is 18.2 Å². The van der Waals surface area contributed by atoms with Gasteiger partial charge in [0.05, 0.1) is 6.10 Å². The highest BCUT2D eigenvalue weighted by molar-refractivity contribution is 5.82. The van der Waals surface area contributed by atoms with E-state index in [4.69, 9.17) is 4.74 Å². The Morgan fingerprint density at radius 2 is 1.97 bits per heavy atom. The predicted octanol–water partition coefficient (Wildman–Crippen LogP) is 5.92. The van der Waals surface area contributed by atoms with Crippen molar-refractivity contribution < 1.29 is 14.6 Å². The van der Waals surface area contributed by atoms with E-state index < -0.39 is 0 Å². The highest BCUT2D eigenvalue weighted by atomic mass is 16.5. The Kier molecular flexibility index (Phi) is 12.1. The smallest absolute Gasteiger partial charge is 0.330 e. The number of fused-ring (bicyclic) bond motifs is 1. The number of nitrogens with one attached hydrogen (secondary N) is 1. The molecule has 1 aliphatic heterocycles. The predicted molar refractivity (Wildman–Crippen MR) is 124 cm³/mol. The summed E-state index contributed by atoms with van der Waals surface area (Å²) in [6.07, 6.45) is 19.3. The molecule has 0 aromatic heterocycles. The Hall–Kier alpha value is -0.870. The molecule has 0 radical (unpaired) electrons. The van der Waals surface area contributed by atoms with E-state index in [2.05, 4.69) is 26.1 Å². The van der Waals surface area contributed by atoms with Crippen molar-refractivity contribution in [2.75, 3.05) is 0 Å². The van der Waals surface area contributed by atoms with Gasteiger partial charge >= 0.3 is 5.97 Å². The summed E-state index contributed by atoms with van der Waals surface area (Å²) in [4.78, 5) is 12.3. The lowest BCUT2D eigenvalue weighted by Gasteiger charge is -2.47. The van der Waals surface area contributed by atoms with Gasteiger partial charge < -0.3 is 15.2 Å². The summed E-state index contributed by atoms with van der Waals surface area (Å²) < 4.78 is 5.87. The van der Waals surface area contributed by atoms with Crippen LogP contribution in [0.25, 0.3) is 0 Å². The molecule has 1 aliphatic carbocycles. The summed E-state index contributed by atoms with van der Waals surface area (Å²) in [7, 11) is 0. The van der Waals surface area contributed by atoms with Crippen LogP contribution in [0.3, 0.4) is 0 Å². The quantitative estimate of drug-likeness (QED) is 0.220. The molecule has 2 rings (SSSR count). The van der Waals surface area contributed by atoms with E-state index in [0.717, 1.165) is 50.9 Å². The molecule has 0 spiro atoms. The molecule has 4 nitrogen and oxygen atoms in total. The first kappa shape index (κ1) is 25.4. The number of piperidine rings is 1. The van der Waals surface area contributed by atoms with Gasteiger partial charge in [0.15, 0.2) is 0 Å². The summed E-state index contributed by atoms with van der Waals surface area (Å²) in [5, 5.41) is 13.7. The lowest BCUT2D eigenvalue weighted by molar-refractivity contribution is -0.148. The number of carbonyl (C=O) groups is 1. The van der Waals surface area contributed by atoms with E-state index in [9.17, 15) is 9.90 Å². The Balaban J connectivity index is 1.79. The molecule has 1 saturated heterocycles. The third-order valence-electron chi connectivity index (χ3n) is 7.23. The van der Waals surface area contributed by atoms with Gasteiger partial charge in [-0.25, -0.2) is 4.79 Å². The lowest BCUT2D eigenvalue weighted by atomic mass is 9.68. The third-order valence-corrected chi connectivity index (χ3v) is 7.23. The number of unbranched alkanes of at least 4 members (excludes halogenated alkanes) is 4. The summed E-state index contributed by atoms with van der Waals surface area (Å²) >= 11 is 0. The molecule has 0 aromatic rings. The molecule has 1 heterocycles. The number of hydrogen-bond acceptors (Lipinski definition) is 4. The molecule has 0 bridgehead atoms. The molecule has 30 heavy (non-hydrogen) atoms. The number of hydrogen-bond donors (Lipinski definition) is 2. The maximum atomic E-state index is 12.3. The van der Waals surface area contributed by atoms with Crippen molar-refractivity contribution >= 4 is 5.97 Å². The van der Waals surface area contributed by atoms with E-state index in [-0.39, 0.29) is 24.2 Å². The van der Waals surface area contributed by atoms with Gasteiger partial charge in [-0.1, -0.05) is 71.3 Å². The molecule has 0 amide bonds. The molecule has 1 saturated carbocycles. The van der Waals surface area contributed by atoms with Crippen LogP contribution in [0.1, 0.15) is 111 Å². The molecule has 0 aromatic carbocycles. The van der Waals surface area contributed by atoms with Crippen molar-refractivity contribution in [1.29, 1.82) is 0 Å². The average molecular weight is 422 g/mol. The van der Waals surface area contributed by atoms with Crippen molar-refractivity contribution in [3.05, 3.63) is 12.2 Å². The first-order valence-electron chi connectivity index (χ1n) is 12.9. The van der Waals surface area contributed by atoms with E-state index in [0.29, 0.717) is 12.0 Å². The van der Waals surface area contributed by atoms with Crippen LogP contribution in [0.4, 0.5) is 0 Å². The van der Waals surface area contributed by atoms with Crippen LogP contribution in [-0.4, -0.2) is 35.4 Å². The topological polar surface area (TPSA) is 58.6 Å². The number of carbonyl (C=O) groups excluding carboxylic acids is 1. The second-order valence-corrected chi connectivity index (χ2v) is 9.75. The fourth-order valence-electron chi connectivity index (χ4n) is 5.49. The zero-order valence-electron chi connectivity index (χ0n) is 19.8. The third kappa shape index (κ3) is 8.70. The lowest BCUT2D eigenvalue weighted by Crippen LogP contribution is -2.57. The van der Waals surface area contributed by atoms with Crippen LogP contribution in [0.2, 0.25) is 0 Å². The number of ether oxygens (including phenoxy) is 1. The van der Waals surface area contributed by atoms with E-state index in [1.54, 1.807) is 6.08 Å². The number of esters is 1. The van der Waals surface area contributed by atoms with Gasteiger partial charge in [0.2, 0.25) is 0 Å². The SMILES string of the molecule is CCCCC/C=C/C(=O)O[C@@H]1C[C@H]2[C@@H](CCCC[C@H](O)CCC)CCC[C@H]2N[C@H]1C. The van der Waals surface area contributed by atoms with Crippen LogP contribution in [0.15, 0.2) is 12.2 Å². The average Bonchev–Trinajstić information content (AvgIpc) is 2.72. The van der Waals surface area contributed by atoms with Gasteiger partial charge in [0.25, 0.3) is 0 Å². The van der Waals surface area contributed by atoms with Crippen molar-refractivity contribution in [2.45, 2.75) is 135 Å². The largest absolute Gasteiger partial charge is 0.458 e. The first-order valence-corrected chi connectivity index (χ1v) is 12.9. The summed E-state index contributed by atoms with van der Waals surface area (Å²) in [5.74, 6) is 1.15. The van der Waals surface area contributed by atoms with Crippen LogP contribution in [0.5, 0.6) is 0 Å². The zero-order valence-corrected chi connectivity index (χ0v) is 19.8. The fourth-order valence-corrected chi connectivity index (χ4v) is 5.49. The van der Waals surface area contributed by atoms with Crippen molar-refractivity contribution in [3.63, 3.8) is 0 Å². The van der Waals surface area contributed by atoms with Crippen LogP contribution in [0, 0.1) is 11.8 Å². The highest BCUT2D eigenvalue weighted by Gasteiger charge is 2.41. The summed E-state index contributed by atoms with van der Waals surface area (Å²) in [5.41, 5.74) is 0. The van der Waals surface area contributed by atoms with Gasteiger partial charge in [0.1, 0.15) is 6.10 Å². The fraction of sp³-hybridized carbons (Fsp3) is 0.885. The molecule has 0 unspecified atom stereocenters. The summed E-state index contributed by atoms with van der Waals surface area (Å²) in [6, 6.07) is 0.801. The maximum Gasteiger partial charge on any atom is 0.330 e. The van der Waals surface area contributed by atoms with Gasteiger partial charge in [-0.3, -0.25) is 0 Å². The van der Waals surface area contributed by atoms with Crippen molar-refractivity contribution in [1.82, 2.24) is 5.32 Å². The molecule has 2 fully saturated rings. The number of rotatable bonds is 13. The second-order valence-electron chi connectivity index (χ2n) is 9.75. The molecular weight excluding hydrogens is 374 g/mol. The van der Waals surface area contributed by atoms with Gasteiger partial charge in [-0.2, -0.15) is 0 Å². The van der Waals surface area contributed by atoms with E-state index >= 15 is 0 Å². The van der Waals surface area contributed by atoms with Crippen LogP contribution >= 0.6 is 0 Å². The highest BCUT2D eigenvalue weighted by Crippen LogP contribution is 2.40. The van der Waals surface area contributed by atoms with Crippen LogP contribution < -0.4 is 5.32 Å². The molecular formula is C26H47NO3. The van der Waals surface area contributed by atoms with Crippen LogP contribution in [-0.2, 0) is 9.53 Å². The number of allylic oxidation sites excluding steroid dienone is 1. The second kappa shape index (κ2) is 14.2. The minimum absolute atomic E-state index is 0.0222. The zero-order chi connectivity index (χ0) is 21.8. The Morgan fingerprint density at radius 1 is 1.13 bits per heavy atom. The minimum Gasteiger partial charge on any atom is -0.458 e. The number of aliphatic hydroxyl groups excluding tert-OH is 1. The normalized spacial score (nSPS) is 30.2. The Morgan fingerprint density at radius 3 is 2.73 bits per heavy atom. The van der Waals surface area contributed by atoms with E-state index in [1.165, 1.54) is 44.9 Å². The number of aliphatic hydroxyl groups is 1. The van der Waals surface area contributed by atoms with Gasteiger partial charge in [-0.15, -0.1) is 0 Å². The van der Waals surface area contributed by atoms with Crippen molar-refractivity contribution in [2.24, 2.45) is 11.8 Å². The molecule has 2 N–H and O–H groups in total. The molecule has 2 aliphatic rings. The standard InChI is InChI=1S/C26H47NO3/c1-4-6-7-8-9-18-26(29)30-25-19-23-21(14-10-11-16-22(28)13-5-2)15-12-17-24(23)27-20(25)3/h9,18,20-25,27-28H,4-8,10-17,19H2,1-3H3/b18-9+/t20-,21-,22+,23-,24+,25+/m0/s1. The van der Waals surface area contributed by atoms with Crippen molar-refractivity contribution in [3.8, 4) is 0 Å². The van der Waals surface area contributed by atoms with E-state index in [1.807, 2.05) is 6.08 Å². The molecule has 4 heteroatoms.